The van der Waals surface area contributed by atoms with Crippen LogP contribution in [-0.2, 0) is 0 Å². The normalized spacial score (nSPS) is 10.9. The number of benzene rings is 2. The quantitative estimate of drug-likeness (QED) is 0.409. The van der Waals surface area contributed by atoms with Crippen LogP contribution >= 0.6 is 11.6 Å². The molecule has 8 nitrogen and oxygen atoms in total. The molecule has 0 aliphatic heterocycles. The Labute approximate surface area is 176 Å². The number of nitrogen functional groups attached to an aromatic ring is 1. The first-order valence-corrected chi connectivity index (χ1v) is 9.34. The van der Waals surface area contributed by atoms with E-state index in [0.29, 0.717) is 38.9 Å². The zero-order chi connectivity index (χ0) is 21.4. The van der Waals surface area contributed by atoms with E-state index in [1.807, 2.05) is 31.2 Å². The molecule has 0 saturated heterocycles. The molecule has 2 aromatic carbocycles. The lowest BCUT2D eigenvalue weighted by atomic mass is 10.0. The van der Waals surface area contributed by atoms with Crippen molar-refractivity contribution in [3.63, 3.8) is 0 Å². The summed E-state index contributed by atoms with van der Waals surface area (Å²) < 4.78 is 7.17. The Morgan fingerprint density at radius 1 is 1.23 bits per heavy atom. The summed E-state index contributed by atoms with van der Waals surface area (Å²) in [6, 6.07) is 12.8. The first kappa shape index (κ1) is 19.5. The number of anilines is 2. The Bertz CT molecular complexity index is 1290. The third kappa shape index (κ3) is 3.27. The number of hydrogen-bond acceptors (Lipinski definition) is 5. The topological polar surface area (TPSA) is 115 Å². The van der Waals surface area contributed by atoms with Crippen LogP contribution < -0.4 is 15.8 Å². The number of rotatable bonds is 4. The van der Waals surface area contributed by atoms with Gasteiger partial charge in [-0.1, -0.05) is 29.8 Å². The van der Waals surface area contributed by atoms with Gasteiger partial charge >= 0.3 is 6.09 Å². The fourth-order valence-corrected chi connectivity index (χ4v) is 3.80. The van der Waals surface area contributed by atoms with E-state index in [1.54, 1.807) is 29.9 Å². The minimum Gasteiger partial charge on any atom is -0.496 e. The lowest BCUT2D eigenvalue weighted by Gasteiger charge is -2.09. The van der Waals surface area contributed by atoms with E-state index in [1.165, 1.54) is 6.33 Å². The van der Waals surface area contributed by atoms with Crippen molar-refractivity contribution in [3.8, 4) is 22.6 Å². The highest BCUT2D eigenvalue weighted by Gasteiger charge is 2.24. The first-order valence-electron chi connectivity index (χ1n) is 8.96. The molecule has 4 aromatic rings. The van der Waals surface area contributed by atoms with E-state index in [2.05, 4.69) is 15.3 Å². The summed E-state index contributed by atoms with van der Waals surface area (Å²) in [6.07, 6.45) is 0.0435. The Hall–Kier alpha value is -3.78. The van der Waals surface area contributed by atoms with Crippen molar-refractivity contribution in [3.05, 3.63) is 59.5 Å². The SMILES string of the molecule is COc1cc(-c2c(Cl)n(-c3cccc(N)c3)c3ncnc(NC(=O)O)c23)ccc1C. The number of aromatic nitrogens is 3. The van der Waals surface area contributed by atoms with E-state index in [-0.39, 0.29) is 5.82 Å². The van der Waals surface area contributed by atoms with Crippen molar-refractivity contribution in [2.75, 3.05) is 18.2 Å². The molecule has 0 fully saturated rings. The van der Waals surface area contributed by atoms with Gasteiger partial charge in [-0.15, -0.1) is 0 Å². The number of carbonyl (C=O) groups is 1. The van der Waals surface area contributed by atoms with Crippen LogP contribution in [0.4, 0.5) is 16.3 Å². The molecule has 0 aliphatic carbocycles. The molecule has 0 bridgehead atoms. The molecule has 152 valence electrons. The van der Waals surface area contributed by atoms with Gasteiger partial charge in [0.1, 0.15) is 23.0 Å². The highest BCUT2D eigenvalue weighted by atomic mass is 35.5. The summed E-state index contributed by atoms with van der Waals surface area (Å²) in [4.78, 5) is 19.9. The zero-order valence-corrected chi connectivity index (χ0v) is 16.9. The molecule has 4 rings (SSSR count). The van der Waals surface area contributed by atoms with E-state index < -0.39 is 6.09 Å². The predicted octanol–water partition coefficient (Wildman–Crippen LogP) is 4.73. The average molecular weight is 424 g/mol. The minimum absolute atomic E-state index is 0.131. The van der Waals surface area contributed by atoms with Crippen molar-refractivity contribution in [1.29, 1.82) is 0 Å². The number of hydrogen-bond donors (Lipinski definition) is 3. The fourth-order valence-electron chi connectivity index (χ4n) is 3.42. The molecule has 9 heteroatoms. The van der Waals surface area contributed by atoms with Crippen LogP contribution in [-0.4, -0.2) is 32.8 Å². The predicted molar refractivity (Wildman–Crippen MR) is 117 cm³/mol. The molecule has 4 N–H and O–H groups in total. The number of nitrogens with two attached hydrogens (primary N) is 1. The molecule has 0 saturated carbocycles. The van der Waals surface area contributed by atoms with E-state index in [4.69, 9.17) is 22.1 Å². The Balaban J connectivity index is 2.11. The van der Waals surface area contributed by atoms with Gasteiger partial charge in [0.15, 0.2) is 5.65 Å². The molecule has 2 heterocycles. The summed E-state index contributed by atoms with van der Waals surface area (Å²) in [6.45, 7) is 1.93. The number of ether oxygens (including phenoxy) is 1. The largest absolute Gasteiger partial charge is 0.496 e. The van der Waals surface area contributed by atoms with Crippen LogP contribution in [0.1, 0.15) is 5.56 Å². The summed E-state index contributed by atoms with van der Waals surface area (Å²) in [5.41, 5.74) is 9.92. The van der Waals surface area contributed by atoms with Gasteiger partial charge in [-0.2, -0.15) is 0 Å². The van der Waals surface area contributed by atoms with Crippen molar-refractivity contribution < 1.29 is 14.6 Å². The maximum atomic E-state index is 11.4. The van der Waals surface area contributed by atoms with E-state index in [0.717, 1.165) is 11.1 Å². The number of methoxy groups -OCH3 is 1. The monoisotopic (exact) mass is 423 g/mol. The first-order chi connectivity index (χ1) is 14.4. The maximum absolute atomic E-state index is 11.4. The van der Waals surface area contributed by atoms with Crippen LogP contribution in [0.3, 0.4) is 0 Å². The van der Waals surface area contributed by atoms with Crippen LogP contribution in [0, 0.1) is 6.92 Å². The van der Waals surface area contributed by atoms with Gasteiger partial charge in [0.05, 0.1) is 18.2 Å². The molecule has 0 spiro atoms. The Morgan fingerprint density at radius 2 is 2.03 bits per heavy atom. The number of nitrogens with zero attached hydrogens (tertiary/aromatic N) is 3. The highest BCUT2D eigenvalue weighted by Crippen LogP contribution is 2.43. The number of halogens is 1. The second kappa shape index (κ2) is 7.57. The molecular weight excluding hydrogens is 406 g/mol. The molecule has 1 amide bonds. The van der Waals surface area contributed by atoms with Crippen molar-refractivity contribution in [2.45, 2.75) is 6.92 Å². The molecule has 0 radical (unpaired) electrons. The number of fused-ring (bicyclic) bond motifs is 1. The Kier molecular flexibility index (Phi) is 4.93. The maximum Gasteiger partial charge on any atom is 0.410 e. The number of amides is 1. The average Bonchev–Trinajstić information content (AvgIpc) is 3.01. The molecule has 0 unspecified atom stereocenters. The summed E-state index contributed by atoms with van der Waals surface area (Å²) in [5.74, 6) is 0.810. The smallest absolute Gasteiger partial charge is 0.410 e. The van der Waals surface area contributed by atoms with E-state index >= 15 is 0 Å². The van der Waals surface area contributed by atoms with Crippen molar-refractivity contribution in [1.82, 2.24) is 14.5 Å². The third-order valence-electron chi connectivity index (χ3n) is 4.74. The van der Waals surface area contributed by atoms with Gasteiger partial charge in [-0.05, 0) is 42.3 Å². The summed E-state index contributed by atoms with van der Waals surface area (Å²) in [5, 5.41) is 12.4. The summed E-state index contributed by atoms with van der Waals surface area (Å²) >= 11 is 6.86. The van der Waals surface area contributed by atoms with Gasteiger partial charge in [0, 0.05) is 11.3 Å². The van der Waals surface area contributed by atoms with E-state index in [9.17, 15) is 9.90 Å². The molecule has 0 atom stereocenters. The van der Waals surface area contributed by atoms with Crippen LogP contribution in [0.15, 0.2) is 48.8 Å². The molecule has 2 aromatic heterocycles. The van der Waals surface area contributed by atoms with Gasteiger partial charge in [0.2, 0.25) is 0 Å². The van der Waals surface area contributed by atoms with Gasteiger partial charge < -0.3 is 15.6 Å². The highest BCUT2D eigenvalue weighted by molar-refractivity contribution is 6.35. The molecule has 30 heavy (non-hydrogen) atoms. The van der Waals surface area contributed by atoms with Gasteiger partial charge in [-0.25, -0.2) is 14.8 Å². The lowest BCUT2D eigenvalue weighted by molar-refractivity contribution is 0.209. The zero-order valence-electron chi connectivity index (χ0n) is 16.2. The molecular formula is C21H18ClN5O3. The second-order valence-corrected chi connectivity index (χ2v) is 6.99. The van der Waals surface area contributed by atoms with Crippen molar-refractivity contribution in [2.24, 2.45) is 0 Å². The van der Waals surface area contributed by atoms with Crippen LogP contribution in [0.2, 0.25) is 5.15 Å². The molecule has 0 aliphatic rings. The standard InChI is InChI=1S/C21H18ClN5O3/c1-11-6-7-12(8-15(11)30-2)16-17-19(26-21(28)29)24-10-25-20(17)27(18(16)22)14-5-3-4-13(23)9-14/h3-10H,23H2,1-2H3,(H,28,29)(H,24,25,26). The number of aryl methyl sites for hydroxylation is 1. The number of nitrogens with one attached hydrogen (secondary N) is 1. The van der Waals surface area contributed by atoms with Crippen LogP contribution in [0.25, 0.3) is 27.8 Å². The van der Waals surface area contributed by atoms with Crippen LogP contribution in [0.5, 0.6) is 5.75 Å². The van der Waals surface area contributed by atoms with Gasteiger partial charge in [-0.3, -0.25) is 9.88 Å². The third-order valence-corrected chi connectivity index (χ3v) is 5.10. The minimum atomic E-state index is -1.24. The second-order valence-electron chi connectivity index (χ2n) is 6.63. The Morgan fingerprint density at radius 3 is 2.73 bits per heavy atom. The number of carboxylic acid groups (broad SMARTS) is 1. The lowest BCUT2D eigenvalue weighted by Crippen LogP contribution is -2.09. The fraction of sp³-hybridized carbons (Fsp3) is 0.0952. The van der Waals surface area contributed by atoms with Gasteiger partial charge in [0.25, 0.3) is 0 Å². The summed E-state index contributed by atoms with van der Waals surface area (Å²) in [7, 11) is 1.59. The van der Waals surface area contributed by atoms with Crippen molar-refractivity contribution >= 4 is 40.2 Å².